The zero-order chi connectivity index (χ0) is 62.8. The topological polar surface area (TPSA) is 32.8 Å². The quantitative estimate of drug-likeness (QED) is 0.166. The normalized spacial score (nSPS) is 15.7. The summed E-state index contributed by atoms with van der Waals surface area (Å²) in [5.41, 5.74) is 26.2. The lowest BCUT2D eigenvalue weighted by atomic mass is 9.55. The number of nitrogens with zero attached hydrogens (tertiary/aromatic N) is 2. The molecule has 0 unspecified atom stereocenters. The number of furan rings is 2. The van der Waals surface area contributed by atoms with Gasteiger partial charge in [-0.3, -0.25) is 0 Å². The van der Waals surface area contributed by atoms with Gasteiger partial charge < -0.3 is 18.6 Å². The standard InChI is InChI=1S/C45H39NO.C42H33NOS/c1-43(2)37-18-12-10-16-31(37)32-22-20-29(24-38(32)43)46(28-14-8-7-9-15-28)30-21-23-33-35-27-42-36(34-17-11-13-19-41(34)47-42)26-40(35)45(5,6)44(3,4)39(33)25-30;1-41(2)35-23-28(18-20-29(35)32-25-38-33(24-36(32)42(41,3)4)30-14-8-10-16-37(30)44-38)43(26-12-6-5-7-13-26)27-19-21-40-34(22-27)31-15-9-11-17-39(31)45-40/h7-27H,1-6H3;5-25H,1-4H3. The van der Waals surface area contributed by atoms with Crippen LogP contribution in [0.2, 0.25) is 0 Å². The molecule has 0 spiro atoms. The van der Waals surface area contributed by atoms with Crippen LogP contribution in [0.3, 0.4) is 0 Å². The van der Waals surface area contributed by atoms with Crippen LogP contribution >= 0.6 is 11.3 Å². The summed E-state index contributed by atoms with van der Waals surface area (Å²) in [6.07, 6.45) is 0. The van der Waals surface area contributed by atoms with E-state index in [1.54, 1.807) is 0 Å². The molecule has 448 valence electrons. The first-order chi connectivity index (χ1) is 44.4. The van der Waals surface area contributed by atoms with Gasteiger partial charge in [0.25, 0.3) is 0 Å². The van der Waals surface area contributed by atoms with Crippen molar-refractivity contribution in [2.45, 2.75) is 96.3 Å². The van der Waals surface area contributed by atoms with Gasteiger partial charge in [0.05, 0.1) is 0 Å². The number of rotatable bonds is 6. The molecule has 0 N–H and O–H groups in total. The van der Waals surface area contributed by atoms with E-state index in [1.165, 1.54) is 120 Å². The summed E-state index contributed by atoms with van der Waals surface area (Å²) >= 11 is 1.86. The zero-order valence-corrected chi connectivity index (χ0v) is 54.7. The van der Waals surface area contributed by atoms with Gasteiger partial charge in [0, 0.05) is 81.3 Å². The molecule has 0 saturated carbocycles. The van der Waals surface area contributed by atoms with Crippen molar-refractivity contribution in [2.24, 2.45) is 0 Å². The van der Waals surface area contributed by atoms with Crippen LogP contribution in [0.4, 0.5) is 34.1 Å². The molecule has 92 heavy (non-hydrogen) atoms. The summed E-state index contributed by atoms with van der Waals surface area (Å²) in [6.45, 7) is 24.0. The van der Waals surface area contributed by atoms with E-state index < -0.39 is 0 Å². The fourth-order valence-electron chi connectivity index (χ4n) is 15.9. The maximum absolute atomic E-state index is 6.40. The lowest BCUT2D eigenvalue weighted by Crippen LogP contribution is -2.43. The number of benzene rings is 12. The third-order valence-electron chi connectivity index (χ3n) is 22.4. The van der Waals surface area contributed by atoms with Crippen LogP contribution in [-0.2, 0) is 27.1 Å². The zero-order valence-electron chi connectivity index (χ0n) is 53.9. The molecule has 0 radical (unpaired) electrons. The van der Waals surface area contributed by atoms with Gasteiger partial charge in [-0.2, -0.15) is 0 Å². The van der Waals surface area contributed by atoms with Crippen molar-refractivity contribution in [3.05, 3.63) is 288 Å². The fraction of sp³-hybridized carbons (Fsp3) is 0.172. The van der Waals surface area contributed by atoms with Crippen molar-refractivity contribution in [3.8, 4) is 33.4 Å². The third-order valence-corrected chi connectivity index (χ3v) is 23.6. The molecule has 15 aromatic rings. The molecule has 12 aromatic carbocycles. The van der Waals surface area contributed by atoms with Crippen molar-refractivity contribution in [2.75, 3.05) is 9.80 Å². The maximum Gasteiger partial charge on any atom is 0.136 e. The van der Waals surface area contributed by atoms with Crippen LogP contribution < -0.4 is 9.80 Å². The van der Waals surface area contributed by atoms with E-state index in [0.717, 1.165) is 45.1 Å². The SMILES string of the molecule is CC1(C)c2cc(N(c3ccccc3)c3ccc4sc5ccccc5c4c3)ccc2-c2cc3oc4ccccc4c3cc2C1(C)C.CC1(C)c2ccccc2-c2ccc(N(c3ccccc3)c3ccc4c(c3)C(C)(C)C(C)(C)c3cc5c(cc3-4)oc3ccccc35)cc21. The van der Waals surface area contributed by atoms with E-state index >= 15 is 0 Å². The Morgan fingerprint density at radius 1 is 0.239 bits per heavy atom. The largest absolute Gasteiger partial charge is 0.456 e. The number of hydrogen-bond donors (Lipinski definition) is 0. The van der Waals surface area contributed by atoms with E-state index in [9.17, 15) is 0 Å². The van der Waals surface area contributed by atoms with E-state index in [1.807, 2.05) is 23.5 Å². The Morgan fingerprint density at radius 2 is 0.609 bits per heavy atom. The molecule has 4 nitrogen and oxygen atoms in total. The molecule has 3 heterocycles. The maximum atomic E-state index is 6.40. The molecule has 0 saturated heterocycles. The Morgan fingerprint density at radius 3 is 1.12 bits per heavy atom. The molecule has 0 amide bonds. The van der Waals surface area contributed by atoms with Gasteiger partial charge in [0.1, 0.15) is 22.3 Å². The van der Waals surface area contributed by atoms with Crippen molar-refractivity contribution < 1.29 is 8.83 Å². The van der Waals surface area contributed by atoms with Crippen LogP contribution in [0.5, 0.6) is 0 Å². The Kier molecular flexibility index (Phi) is 12.2. The van der Waals surface area contributed by atoms with Crippen molar-refractivity contribution in [1.82, 2.24) is 0 Å². The average Bonchev–Trinajstić information content (AvgIpc) is 0.825. The van der Waals surface area contributed by atoms with Crippen LogP contribution in [0.1, 0.15) is 103 Å². The summed E-state index contributed by atoms with van der Waals surface area (Å²) in [5.74, 6) is 0. The Balaban J connectivity index is 0.000000141. The Labute approximate surface area is 542 Å². The second-order valence-electron chi connectivity index (χ2n) is 28.5. The van der Waals surface area contributed by atoms with E-state index in [-0.39, 0.29) is 27.1 Å². The monoisotopic (exact) mass is 1210 g/mol. The molecule has 0 bridgehead atoms. The number of hydrogen-bond acceptors (Lipinski definition) is 5. The molecule has 0 aliphatic heterocycles. The highest BCUT2D eigenvalue weighted by Gasteiger charge is 2.48. The van der Waals surface area contributed by atoms with E-state index in [0.29, 0.717) is 0 Å². The molecule has 5 heteroatoms. The number of fused-ring (bicyclic) bond motifs is 18. The van der Waals surface area contributed by atoms with Crippen molar-refractivity contribution in [3.63, 3.8) is 0 Å². The van der Waals surface area contributed by atoms with Gasteiger partial charge in [-0.15, -0.1) is 11.3 Å². The van der Waals surface area contributed by atoms with E-state index in [4.69, 9.17) is 8.83 Å². The second-order valence-corrected chi connectivity index (χ2v) is 29.5. The van der Waals surface area contributed by atoms with Crippen molar-refractivity contribution in [1.29, 1.82) is 0 Å². The summed E-state index contributed by atoms with van der Waals surface area (Å²) in [6, 6.07) is 93.4. The molecule has 3 aliphatic carbocycles. The first-order valence-electron chi connectivity index (χ1n) is 32.5. The predicted molar refractivity (Wildman–Crippen MR) is 390 cm³/mol. The van der Waals surface area contributed by atoms with Gasteiger partial charge in [0.15, 0.2) is 0 Å². The minimum absolute atomic E-state index is 0.0716. The molecular formula is C87H72N2O2S. The molecule has 0 atom stereocenters. The molecule has 3 aliphatic rings. The minimum atomic E-state index is -0.136. The van der Waals surface area contributed by atoms with Crippen LogP contribution in [0.25, 0.3) is 97.4 Å². The highest BCUT2D eigenvalue weighted by molar-refractivity contribution is 7.25. The number of para-hydroxylation sites is 4. The lowest BCUT2D eigenvalue weighted by Gasteiger charge is -2.48. The molecular weight excluding hydrogens is 1140 g/mol. The fourth-order valence-corrected chi connectivity index (χ4v) is 17.0. The smallest absolute Gasteiger partial charge is 0.136 e. The van der Waals surface area contributed by atoms with Crippen LogP contribution in [-0.4, -0.2) is 0 Å². The molecule has 3 aromatic heterocycles. The average molecular weight is 1210 g/mol. The molecule has 0 fully saturated rings. The molecule has 18 rings (SSSR count). The summed E-state index contributed by atoms with van der Waals surface area (Å²) in [5, 5.41) is 7.37. The summed E-state index contributed by atoms with van der Waals surface area (Å²) in [7, 11) is 0. The van der Waals surface area contributed by atoms with Crippen LogP contribution in [0.15, 0.2) is 264 Å². The first-order valence-corrected chi connectivity index (χ1v) is 33.3. The van der Waals surface area contributed by atoms with E-state index in [2.05, 4.69) is 322 Å². The second kappa shape index (κ2) is 20.0. The predicted octanol–water partition coefficient (Wildman–Crippen LogP) is 25.3. The van der Waals surface area contributed by atoms with Gasteiger partial charge >= 0.3 is 0 Å². The Hall–Kier alpha value is -9.94. The number of anilines is 6. The van der Waals surface area contributed by atoms with Crippen LogP contribution in [0, 0.1) is 0 Å². The number of thiophene rings is 1. The van der Waals surface area contributed by atoms with Gasteiger partial charge in [0.2, 0.25) is 0 Å². The van der Waals surface area contributed by atoms with Crippen molar-refractivity contribution >= 4 is 110 Å². The highest BCUT2D eigenvalue weighted by Crippen LogP contribution is 2.59. The summed E-state index contributed by atoms with van der Waals surface area (Å²) in [4.78, 5) is 4.84. The summed E-state index contributed by atoms with van der Waals surface area (Å²) < 4.78 is 15.4. The lowest BCUT2D eigenvalue weighted by molar-refractivity contribution is 0.299. The minimum Gasteiger partial charge on any atom is -0.456 e. The van der Waals surface area contributed by atoms with Gasteiger partial charge in [-0.05, 0) is 210 Å². The highest BCUT2D eigenvalue weighted by atomic mass is 32.1. The third kappa shape index (κ3) is 8.13. The van der Waals surface area contributed by atoms with Gasteiger partial charge in [-0.1, -0.05) is 203 Å². The first kappa shape index (κ1) is 56.1. The van der Waals surface area contributed by atoms with Gasteiger partial charge in [-0.25, -0.2) is 0 Å². The Bertz CT molecular complexity index is 5520.